The maximum Gasteiger partial charge on any atom is 0.239 e. The second-order valence-electron chi connectivity index (χ2n) is 4.26. The van der Waals surface area contributed by atoms with Gasteiger partial charge in [-0.2, -0.15) is 0 Å². The third-order valence-corrected chi connectivity index (χ3v) is 2.84. The minimum atomic E-state index is -0.0405. The molecule has 0 bridgehead atoms. The number of carbonyl (C=O) groups excluding carboxylic acids is 1. The van der Waals surface area contributed by atoms with Crippen LogP contribution in [-0.2, 0) is 11.3 Å². The van der Waals surface area contributed by atoms with Gasteiger partial charge in [0.25, 0.3) is 0 Å². The van der Waals surface area contributed by atoms with Crippen LogP contribution >= 0.6 is 11.6 Å². The number of amides is 1. The van der Waals surface area contributed by atoms with Crippen LogP contribution in [0.15, 0.2) is 29.3 Å². The molecule has 1 rings (SSSR count). The summed E-state index contributed by atoms with van der Waals surface area (Å²) in [4.78, 5) is 15.5. The number of benzene rings is 1. The maximum absolute atomic E-state index is 11.5. The Bertz CT molecular complexity index is 445. The lowest BCUT2D eigenvalue weighted by atomic mass is 10.2. The van der Waals surface area contributed by atoms with E-state index in [4.69, 9.17) is 11.6 Å². The Labute approximate surface area is 124 Å². The fourth-order valence-corrected chi connectivity index (χ4v) is 1.63. The Morgan fingerprint density at radius 1 is 1.20 bits per heavy atom. The minimum absolute atomic E-state index is 0.0405. The van der Waals surface area contributed by atoms with Crippen LogP contribution in [0.3, 0.4) is 0 Å². The number of aliphatic imine (C=N–C) groups is 1. The summed E-state index contributed by atoms with van der Waals surface area (Å²) in [6.07, 6.45) is 0.926. The highest BCUT2D eigenvalue weighted by Crippen LogP contribution is 2.08. The van der Waals surface area contributed by atoms with Gasteiger partial charge in [0.1, 0.15) is 0 Å². The van der Waals surface area contributed by atoms with E-state index in [1.807, 2.05) is 31.2 Å². The quantitative estimate of drug-likeness (QED) is 0.551. The van der Waals surface area contributed by atoms with E-state index < -0.39 is 0 Å². The number of carbonyl (C=O) groups is 1. The normalized spacial score (nSPS) is 11.1. The molecule has 1 aromatic rings. The second-order valence-corrected chi connectivity index (χ2v) is 4.69. The molecule has 0 radical (unpaired) electrons. The highest BCUT2D eigenvalue weighted by Gasteiger charge is 2.02. The van der Waals surface area contributed by atoms with E-state index in [2.05, 4.69) is 20.9 Å². The van der Waals surface area contributed by atoms with Crippen LogP contribution in [0.2, 0.25) is 5.02 Å². The monoisotopic (exact) mass is 296 g/mol. The van der Waals surface area contributed by atoms with E-state index in [9.17, 15) is 4.79 Å². The Morgan fingerprint density at radius 2 is 1.90 bits per heavy atom. The topological polar surface area (TPSA) is 65.5 Å². The van der Waals surface area contributed by atoms with Crippen LogP contribution in [0.5, 0.6) is 0 Å². The average Bonchev–Trinajstić information content (AvgIpc) is 2.47. The van der Waals surface area contributed by atoms with Gasteiger partial charge in [0, 0.05) is 25.2 Å². The molecule has 6 heteroatoms. The molecule has 0 saturated heterocycles. The van der Waals surface area contributed by atoms with Gasteiger partial charge in [0.05, 0.1) is 6.54 Å². The summed E-state index contributed by atoms with van der Waals surface area (Å²) in [5, 5.41) is 9.60. The van der Waals surface area contributed by atoms with Gasteiger partial charge in [0.15, 0.2) is 5.96 Å². The molecule has 3 N–H and O–H groups in total. The molecule has 0 unspecified atom stereocenters. The first-order chi connectivity index (χ1) is 9.65. The van der Waals surface area contributed by atoms with Gasteiger partial charge >= 0.3 is 0 Å². The summed E-state index contributed by atoms with van der Waals surface area (Å²) >= 11 is 5.83. The Kier molecular flexibility index (Phi) is 7.50. The smallest absolute Gasteiger partial charge is 0.239 e. The Hall–Kier alpha value is -1.75. The van der Waals surface area contributed by atoms with Crippen molar-refractivity contribution in [1.82, 2.24) is 16.0 Å². The van der Waals surface area contributed by atoms with Gasteiger partial charge in [0.2, 0.25) is 5.91 Å². The lowest BCUT2D eigenvalue weighted by molar-refractivity contribution is -0.120. The van der Waals surface area contributed by atoms with Crippen molar-refractivity contribution >= 4 is 23.5 Å². The van der Waals surface area contributed by atoms with Crippen LogP contribution < -0.4 is 16.0 Å². The fourth-order valence-electron chi connectivity index (χ4n) is 1.50. The van der Waals surface area contributed by atoms with Crippen molar-refractivity contribution in [3.8, 4) is 0 Å². The number of nitrogens with one attached hydrogen (secondary N) is 3. The predicted molar refractivity (Wildman–Crippen MR) is 83.0 cm³/mol. The van der Waals surface area contributed by atoms with Gasteiger partial charge in [-0.1, -0.05) is 30.7 Å². The zero-order valence-corrected chi connectivity index (χ0v) is 12.6. The first-order valence-corrected chi connectivity index (χ1v) is 6.99. The van der Waals surface area contributed by atoms with Crippen molar-refractivity contribution in [3.05, 3.63) is 34.9 Å². The summed E-state index contributed by atoms with van der Waals surface area (Å²) in [5.74, 6) is 0.549. The molecule has 110 valence electrons. The molecule has 0 aliphatic heterocycles. The summed E-state index contributed by atoms with van der Waals surface area (Å²) < 4.78 is 0. The van der Waals surface area contributed by atoms with Crippen molar-refractivity contribution in [3.63, 3.8) is 0 Å². The zero-order chi connectivity index (χ0) is 14.8. The van der Waals surface area contributed by atoms with E-state index in [-0.39, 0.29) is 12.5 Å². The van der Waals surface area contributed by atoms with Crippen LogP contribution in [-0.4, -0.2) is 32.0 Å². The first kappa shape index (κ1) is 16.3. The Balaban J connectivity index is 2.33. The van der Waals surface area contributed by atoms with E-state index in [1.165, 1.54) is 0 Å². The molecule has 1 aromatic carbocycles. The van der Waals surface area contributed by atoms with E-state index in [1.54, 1.807) is 7.05 Å². The highest BCUT2D eigenvalue weighted by atomic mass is 35.5. The largest absolute Gasteiger partial charge is 0.355 e. The van der Waals surface area contributed by atoms with Gasteiger partial charge in [-0.3, -0.25) is 9.79 Å². The van der Waals surface area contributed by atoms with Gasteiger partial charge in [-0.05, 0) is 24.1 Å². The molecule has 20 heavy (non-hydrogen) atoms. The summed E-state index contributed by atoms with van der Waals surface area (Å²) in [5.41, 5.74) is 1.09. The molecule has 0 fully saturated rings. The number of hydrogen-bond donors (Lipinski definition) is 3. The van der Waals surface area contributed by atoms with Crippen molar-refractivity contribution in [2.45, 2.75) is 19.9 Å². The summed E-state index contributed by atoms with van der Waals surface area (Å²) in [6.45, 7) is 3.53. The second kappa shape index (κ2) is 9.20. The van der Waals surface area contributed by atoms with E-state index >= 15 is 0 Å². The van der Waals surface area contributed by atoms with Crippen LogP contribution in [0, 0.1) is 0 Å². The zero-order valence-electron chi connectivity index (χ0n) is 11.9. The lowest BCUT2D eigenvalue weighted by Crippen LogP contribution is -2.43. The van der Waals surface area contributed by atoms with E-state index in [0.717, 1.165) is 12.0 Å². The number of rotatable bonds is 6. The molecule has 0 saturated carbocycles. The number of halogens is 1. The van der Waals surface area contributed by atoms with Crippen LogP contribution in [0.1, 0.15) is 18.9 Å². The van der Waals surface area contributed by atoms with E-state index in [0.29, 0.717) is 24.1 Å². The average molecular weight is 297 g/mol. The summed E-state index contributed by atoms with van der Waals surface area (Å²) in [6, 6.07) is 7.56. The minimum Gasteiger partial charge on any atom is -0.355 e. The Morgan fingerprint density at radius 3 is 2.50 bits per heavy atom. The lowest BCUT2D eigenvalue weighted by Gasteiger charge is -2.12. The van der Waals surface area contributed by atoms with Crippen molar-refractivity contribution in [2.75, 3.05) is 20.1 Å². The van der Waals surface area contributed by atoms with Crippen LogP contribution in [0.4, 0.5) is 0 Å². The van der Waals surface area contributed by atoms with Crippen molar-refractivity contribution in [2.24, 2.45) is 4.99 Å². The summed E-state index contributed by atoms with van der Waals surface area (Å²) in [7, 11) is 1.67. The molecule has 0 atom stereocenters. The van der Waals surface area contributed by atoms with Gasteiger partial charge < -0.3 is 16.0 Å². The molecular formula is C14H21ClN4O. The van der Waals surface area contributed by atoms with Crippen molar-refractivity contribution in [1.29, 1.82) is 0 Å². The molecular weight excluding hydrogens is 276 g/mol. The number of hydrogen-bond acceptors (Lipinski definition) is 2. The standard InChI is InChI=1S/C14H21ClN4O/c1-3-8-17-13(20)10-19-14(16-2)18-9-11-4-6-12(15)7-5-11/h4-7H,3,8-10H2,1-2H3,(H,17,20)(H2,16,18,19). The molecule has 0 aliphatic carbocycles. The van der Waals surface area contributed by atoms with Crippen molar-refractivity contribution < 1.29 is 4.79 Å². The third kappa shape index (κ3) is 6.43. The molecule has 0 heterocycles. The van der Waals surface area contributed by atoms with Gasteiger partial charge in [-0.25, -0.2) is 0 Å². The van der Waals surface area contributed by atoms with Crippen LogP contribution in [0.25, 0.3) is 0 Å². The highest BCUT2D eigenvalue weighted by molar-refractivity contribution is 6.30. The molecule has 0 aromatic heterocycles. The number of guanidine groups is 1. The third-order valence-electron chi connectivity index (χ3n) is 2.59. The van der Waals surface area contributed by atoms with Gasteiger partial charge in [-0.15, -0.1) is 0 Å². The SMILES string of the molecule is CCCNC(=O)CNC(=NC)NCc1ccc(Cl)cc1. The first-order valence-electron chi connectivity index (χ1n) is 6.61. The molecule has 0 spiro atoms. The maximum atomic E-state index is 11.5. The molecule has 5 nitrogen and oxygen atoms in total. The molecule has 0 aliphatic rings. The fraction of sp³-hybridized carbons (Fsp3) is 0.429. The molecule has 1 amide bonds. The number of nitrogens with zero attached hydrogens (tertiary/aromatic N) is 1. The predicted octanol–water partition coefficient (Wildman–Crippen LogP) is 1.53.